The zero-order valence-corrected chi connectivity index (χ0v) is 20.0. The van der Waals surface area contributed by atoms with Crippen molar-refractivity contribution in [2.24, 2.45) is 0 Å². The SMILES string of the molecule is O=C(NCc1ccccc1)C1C(=O)Nc2sc3c(c2C(=O)N1Cc1ccc(Cl)cc1)CCCC3. The Labute approximate surface area is 206 Å². The Bertz CT molecular complexity index is 1240. The fourth-order valence-electron chi connectivity index (χ4n) is 4.55. The molecule has 1 unspecified atom stereocenters. The third-order valence-electron chi connectivity index (χ3n) is 6.27. The van der Waals surface area contributed by atoms with Gasteiger partial charge >= 0.3 is 0 Å². The lowest BCUT2D eigenvalue weighted by Crippen LogP contribution is -2.53. The van der Waals surface area contributed by atoms with Crippen LogP contribution >= 0.6 is 22.9 Å². The first kappa shape index (κ1) is 22.6. The van der Waals surface area contributed by atoms with Crippen molar-refractivity contribution in [3.05, 3.63) is 86.8 Å². The molecule has 0 radical (unpaired) electrons. The molecule has 174 valence electrons. The van der Waals surface area contributed by atoms with Gasteiger partial charge in [-0.15, -0.1) is 11.3 Å². The molecular weight excluding hydrogens is 470 g/mol. The summed E-state index contributed by atoms with van der Waals surface area (Å²) in [5.41, 5.74) is 3.26. The smallest absolute Gasteiger partial charge is 0.258 e. The number of anilines is 1. The molecule has 8 heteroatoms. The van der Waals surface area contributed by atoms with E-state index in [9.17, 15) is 14.4 Å². The summed E-state index contributed by atoms with van der Waals surface area (Å²) in [6, 6.07) is 15.3. The Hall–Kier alpha value is -3.16. The van der Waals surface area contributed by atoms with Gasteiger partial charge < -0.3 is 15.5 Å². The standard InChI is InChI=1S/C26H24ClN3O3S/c27-18-12-10-17(11-13-18)15-30-22(23(31)28-14-16-6-2-1-3-7-16)24(32)29-25-21(26(30)33)19-8-4-5-9-20(19)34-25/h1-3,6-7,10-13,22H,4-5,8-9,14-15H2,(H,28,31)(H,29,32). The van der Waals surface area contributed by atoms with E-state index in [1.165, 1.54) is 16.2 Å². The van der Waals surface area contributed by atoms with Crippen molar-refractivity contribution in [1.29, 1.82) is 0 Å². The van der Waals surface area contributed by atoms with Crippen molar-refractivity contribution in [1.82, 2.24) is 10.2 Å². The maximum Gasteiger partial charge on any atom is 0.258 e. The number of halogens is 1. The number of amides is 3. The molecule has 3 amide bonds. The molecule has 2 aromatic carbocycles. The van der Waals surface area contributed by atoms with Crippen LogP contribution in [-0.4, -0.2) is 28.7 Å². The third-order valence-corrected chi connectivity index (χ3v) is 7.73. The van der Waals surface area contributed by atoms with Crippen LogP contribution in [0.5, 0.6) is 0 Å². The highest BCUT2D eigenvalue weighted by Gasteiger charge is 2.42. The zero-order valence-electron chi connectivity index (χ0n) is 18.5. The molecule has 5 rings (SSSR count). The maximum atomic E-state index is 13.9. The summed E-state index contributed by atoms with van der Waals surface area (Å²) in [6.45, 7) is 0.389. The third kappa shape index (κ3) is 4.45. The lowest BCUT2D eigenvalue weighted by Gasteiger charge is -2.28. The van der Waals surface area contributed by atoms with E-state index in [4.69, 9.17) is 11.6 Å². The molecule has 0 bridgehead atoms. The fraction of sp³-hybridized carbons (Fsp3) is 0.269. The highest BCUT2D eigenvalue weighted by atomic mass is 35.5. The summed E-state index contributed by atoms with van der Waals surface area (Å²) in [5, 5.41) is 6.88. The number of nitrogens with one attached hydrogen (secondary N) is 2. The summed E-state index contributed by atoms with van der Waals surface area (Å²) >= 11 is 7.50. The number of benzene rings is 2. The van der Waals surface area contributed by atoms with Crippen LogP contribution in [0.15, 0.2) is 54.6 Å². The number of fused-ring (bicyclic) bond motifs is 3. The van der Waals surface area contributed by atoms with E-state index in [1.807, 2.05) is 30.3 Å². The molecule has 1 aliphatic heterocycles. The van der Waals surface area contributed by atoms with Crippen molar-refractivity contribution in [2.75, 3.05) is 5.32 Å². The normalized spacial score (nSPS) is 17.4. The van der Waals surface area contributed by atoms with Crippen molar-refractivity contribution in [3.8, 4) is 0 Å². The van der Waals surface area contributed by atoms with Crippen LogP contribution < -0.4 is 10.6 Å². The van der Waals surface area contributed by atoms with E-state index in [1.54, 1.807) is 24.3 Å². The Morgan fingerprint density at radius 2 is 1.76 bits per heavy atom. The molecule has 1 aliphatic carbocycles. The second-order valence-electron chi connectivity index (χ2n) is 8.57. The van der Waals surface area contributed by atoms with Crippen LogP contribution in [0, 0.1) is 0 Å². The zero-order chi connectivity index (χ0) is 23.7. The first-order chi connectivity index (χ1) is 16.5. The molecule has 2 aliphatic rings. The first-order valence-corrected chi connectivity index (χ1v) is 12.5. The summed E-state index contributed by atoms with van der Waals surface area (Å²) in [7, 11) is 0. The number of thiophene rings is 1. The largest absolute Gasteiger partial charge is 0.350 e. The van der Waals surface area contributed by atoms with Gasteiger partial charge in [0.05, 0.1) is 5.56 Å². The molecule has 1 aromatic heterocycles. The molecule has 2 heterocycles. The van der Waals surface area contributed by atoms with E-state index < -0.39 is 17.9 Å². The predicted octanol–water partition coefficient (Wildman–Crippen LogP) is 4.56. The van der Waals surface area contributed by atoms with Crippen molar-refractivity contribution in [2.45, 2.75) is 44.8 Å². The van der Waals surface area contributed by atoms with E-state index in [0.29, 0.717) is 15.6 Å². The predicted molar refractivity (Wildman–Crippen MR) is 133 cm³/mol. The van der Waals surface area contributed by atoms with E-state index in [2.05, 4.69) is 10.6 Å². The van der Waals surface area contributed by atoms with Gasteiger partial charge in [0.15, 0.2) is 6.04 Å². The van der Waals surface area contributed by atoms with E-state index in [-0.39, 0.29) is 19.0 Å². The lowest BCUT2D eigenvalue weighted by molar-refractivity contribution is -0.133. The van der Waals surface area contributed by atoms with Gasteiger partial charge in [0, 0.05) is 23.0 Å². The molecule has 3 aromatic rings. The van der Waals surface area contributed by atoms with Gasteiger partial charge in [-0.2, -0.15) is 0 Å². The van der Waals surface area contributed by atoms with Crippen LogP contribution in [-0.2, 0) is 35.5 Å². The number of carbonyl (C=O) groups excluding carboxylic acids is 3. The molecule has 1 atom stereocenters. The summed E-state index contributed by atoms with van der Waals surface area (Å²) in [4.78, 5) is 43.1. The van der Waals surface area contributed by atoms with E-state index >= 15 is 0 Å². The molecular formula is C26H24ClN3O3S. The van der Waals surface area contributed by atoms with Crippen molar-refractivity contribution in [3.63, 3.8) is 0 Å². The Morgan fingerprint density at radius 1 is 1.03 bits per heavy atom. The molecule has 0 spiro atoms. The monoisotopic (exact) mass is 493 g/mol. The quantitative estimate of drug-likeness (QED) is 0.511. The minimum Gasteiger partial charge on any atom is -0.350 e. The number of rotatable bonds is 5. The van der Waals surface area contributed by atoms with Gasteiger partial charge in [0.2, 0.25) is 0 Å². The number of hydrogen-bond acceptors (Lipinski definition) is 4. The Kier molecular flexibility index (Phi) is 6.39. The summed E-state index contributed by atoms with van der Waals surface area (Å²) in [6.07, 6.45) is 3.81. The highest BCUT2D eigenvalue weighted by molar-refractivity contribution is 7.17. The number of aryl methyl sites for hydroxylation is 1. The molecule has 34 heavy (non-hydrogen) atoms. The van der Waals surface area contributed by atoms with Gasteiger partial charge in [-0.1, -0.05) is 54.1 Å². The second-order valence-corrected chi connectivity index (χ2v) is 10.1. The molecule has 2 N–H and O–H groups in total. The number of nitrogens with zero attached hydrogens (tertiary/aromatic N) is 1. The minimum absolute atomic E-state index is 0.122. The Balaban J connectivity index is 1.49. The van der Waals surface area contributed by atoms with Crippen LogP contribution in [0.2, 0.25) is 5.02 Å². The van der Waals surface area contributed by atoms with Gasteiger partial charge in [0.25, 0.3) is 17.7 Å². The Morgan fingerprint density at radius 3 is 2.53 bits per heavy atom. The molecule has 0 saturated heterocycles. The maximum absolute atomic E-state index is 13.9. The fourth-order valence-corrected chi connectivity index (χ4v) is 5.97. The summed E-state index contributed by atoms with van der Waals surface area (Å²) in [5.74, 6) is -1.29. The minimum atomic E-state index is -1.29. The number of hydrogen-bond donors (Lipinski definition) is 2. The van der Waals surface area contributed by atoms with Crippen molar-refractivity contribution < 1.29 is 14.4 Å². The first-order valence-electron chi connectivity index (χ1n) is 11.3. The molecule has 0 fully saturated rings. The average Bonchev–Trinajstić information content (AvgIpc) is 3.17. The van der Waals surface area contributed by atoms with Crippen molar-refractivity contribution >= 4 is 45.7 Å². The molecule has 6 nitrogen and oxygen atoms in total. The number of carbonyl (C=O) groups is 3. The second kappa shape index (κ2) is 9.60. The van der Waals surface area contributed by atoms with Gasteiger partial charge in [-0.05, 0) is 54.5 Å². The average molecular weight is 494 g/mol. The van der Waals surface area contributed by atoms with Gasteiger partial charge in [0.1, 0.15) is 5.00 Å². The highest BCUT2D eigenvalue weighted by Crippen LogP contribution is 2.40. The van der Waals surface area contributed by atoms with Crippen LogP contribution in [0.25, 0.3) is 0 Å². The van der Waals surface area contributed by atoms with Gasteiger partial charge in [-0.3, -0.25) is 14.4 Å². The molecule has 0 saturated carbocycles. The topological polar surface area (TPSA) is 78.5 Å². The lowest BCUT2D eigenvalue weighted by atomic mass is 9.95. The van der Waals surface area contributed by atoms with Gasteiger partial charge in [-0.25, -0.2) is 0 Å². The van der Waals surface area contributed by atoms with E-state index in [0.717, 1.165) is 47.3 Å². The summed E-state index contributed by atoms with van der Waals surface area (Å²) < 4.78 is 0. The van der Waals surface area contributed by atoms with Crippen LogP contribution in [0.1, 0.15) is 44.8 Å². The van der Waals surface area contributed by atoms with Crippen LogP contribution in [0.3, 0.4) is 0 Å². The van der Waals surface area contributed by atoms with Crippen LogP contribution in [0.4, 0.5) is 5.00 Å².